The molecule has 2 aromatic carbocycles. The number of hydrogen-bond acceptors (Lipinski definition) is 4. The standard InChI is InChI=1S/C20H20ClN3O2S/c1-2-3-12-22-18(25)13-27-20-23-17-7-5-4-6-16(17)19(26)24(20)15-10-8-14(21)9-11-15/h4-11H,2-3,12-13H2,1H3,(H,22,25). The second-order valence-corrected chi connectivity index (χ2v) is 7.40. The Morgan fingerprint density at radius 3 is 2.67 bits per heavy atom. The summed E-state index contributed by atoms with van der Waals surface area (Å²) in [4.78, 5) is 29.8. The molecule has 0 aliphatic rings. The number of carbonyl (C=O) groups is 1. The molecule has 0 saturated carbocycles. The lowest BCUT2D eigenvalue weighted by Crippen LogP contribution is -2.27. The first kappa shape index (κ1) is 19.5. The zero-order valence-corrected chi connectivity index (χ0v) is 16.5. The molecule has 0 spiro atoms. The van der Waals surface area contributed by atoms with Gasteiger partial charge in [0.25, 0.3) is 5.56 Å². The third-order valence-corrected chi connectivity index (χ3v) is 5.21. The van der Waals surface area contributed by atoms with E-state index in [4.69, 9.17) is 11.6 Å². The molecule has 3 rings (SSSR count). The number of hydrogen-bond donors (Lipinski definition) is 1. The number of aromatic nitrogens is 2. The van der Waals surface area contributed by atoms with Gasteiger partial charge in [-0.25, -0.2) is 4.98 Å². The summed E-state index contributed by atoms with van der Waals surface area (Å²) in [7, 11) is 0. The van der Waals surface area contributed by atoms with Crippen molar-refractivity contribution in [1.29, 1.82) is 0 Å². The fourth-order valence-corrected chi connectivity index (χ4v) is 3.58. The van der Waals surface area contributed by atoms with Crippen LogP contribution in [0.15, 0.2) is 58.5 Å². The van der Waals surface area contributed by atoms with Crippen molar-refractivity contribution < 1.29 is 4.79 Å². The molecule has 1 N–H and O–H groups in total. The Hall–Kier alpha value is -2.31. The largest absolute Gasteiger partial charge is 0.355 e. The van der Waals surface area contributed by atoms with Crippen molar-refractivity contribution in [2.45, 2.75) is 24.9 Å². The van der Waals surface area contributed by atoms with E-state index in [2.05, 4.69) is 17.2 Å². The maximum absolute atomic E-state index is 13.1. The number of para-hydroxylation sites is 1. The van der Waals surface area contributed by atoms with E-state index in [0.29, 0.717) is 33.3 Å². The van der Waals surface area contributed by atoms with E-state index in [1.165, 1.54) is 16.3 Å². The first-order valence-electron chi connectivity index (χ1n) is 8.77. The van der Waals surface area contributed by atoms with Crippen molar-refractivity contribution in [3.8, 4) is 5.69 Å². The summed E-state index contributed by atoms with van der Waals surface area (Å²) >= 11 is 7.22. The molecule has 0 unspecified atom stereocenters. The summed E-state index contributed by atoms with van der Waals surface area (Å²) in [5.41, 5.74) is 1.11. The van der Waals surface area contributed by atoms with Crippen molar-refractivity contribution in [1.82, 2.24) is 14.9 Å². The lowest BCUT2D eigenvalue weighted by Gasteiger charge is -2.13. The van der Waals surface area contributed by atoms with Crippen LogP contribution in [0.3, 0.4) is 0 Å². The molecule has 0 radical (unpaired) electrons. The second-order valence-electron chi connectivity index (χ2n) is 6.02. The average Bonchev–Trinajstić information content (AvgIpc) is 2.68. The Kier molecular flexibility index (Phi) is 6.53. The number of unbranched alkanes of at least 4 members (excludes halogenated alkanes) is 1. The normalized spacial score (nSPS) is 10.9. The molecule has 27 heavy (non-hydrogen) atoms. The summed E-state index contributed by atoms with van der Waals surface area (Å²) in [6, 6.07) is 14.2. The van der Waals surface area contributed by atoms with Crippen LogP contribution >= 0.6 is 23.4 Å². The summed E-state index contributed by atoms with van der Waals surface area (Å²) in [5, 5.41) is 4.48. The highest BCUT2D eigenvalue weighted by Crippen LogP contribution is 2.22. The minimum Gasteiger partial charge on any atom is -0.355 e. The van der Waals surface area contributed by atoms with Crippen LogP contribution in [0.25, 0.3) is 16.6 Å². The molecule has 0 fully saturated rings. The third kappa shape index (κ3) is 4.70. The maximum atomic E-state index is 13.1. The fourth-order valence-electron chi connectivity index (χ4n) is 2.61. The van der Waals surface area contributed by atoms with Crippen molar-refractivity contribution in [3.05, 3.63) is 63.9 Å². The van der Waals surface area contributed by atoms with Gasteiger partial charge < -0.3 is 5.32 Å². The Morgan fingerprint density at radius 2 is 1.93 bits per heavy atom. The lowest BCUT2D eigenvalue weighted by atomic mass is 10.2. The van der Waals surface area contributed by atoms with Gasteiger partial charge in [-0.2, -0.15) is 0 Å². The highest BCUT2D eigenvalue weighted by Gasteiger charge is 2.14. The SMILES string of the molecule is CCCCNC(=O)CSc1nc2ccccc2c(=O)n1-c1ccc(Cl)cc1. The number of nitrogens with zero attached hydrogens (tertiary/aromatic N) is 2. The number of nitrogens with one attached hydrogen (secondary N) is 1. The van der Waals surface area contributed by atoms with E-state index in [1.54, 1.807) is 36.4 Å². The molecule has 0 saturated heterocycles. The molecular weight excluding hydrogens is 382 g/mol. The fraction of sp³-hybridized carbons (Fsp3) is 0.250. The molecule has 3 aromatic rings. The van der Waals surface area contributed by atoms with Gasteiger partial charge >= 0.3 is 0 Å². The van der Waals surface area contributed by atoms with Crippen molar-refractivity contribution in [2.75, 3.05) is 12.3 Å². The minimum absolute atomic E-state index is 0.0708. The van der Waals surface area contributed by atoms with Gasteiger partial charge in [0.15, 0.2) is 5.16 Å². The lowest BCUT2D eigenvalue weighted by molar-refractivity contribution is -0.118. The van der Waals surface area contributed by atoms with E-state index in [0.717, 1.165) is 12.8 Å². The molecule has 0 bridgehead atoms. The number of amides is 1. The van der Waals surface area contributed by atoms with Crippen LogP contribution < -0.4 is 10.9 Å². The smallest absolute Gasteiger partial charge is 0.266 e. The van der Waals surface area contributed by atoms with Crippen LogP contribution in [-0.4, -0.2) is 27.8 Å². The van der Waals surface area contributed by atoms with Crippen molar-refractivity contribution in [3.63, 3.8) is 0 Å². The summed E-state index contributed by atoms with van der Waals surface area (Å²) in [6.45, 7) is 2.73. The predicted octanol–water partition coefficient (Wildman–Crippen LogP) is 4.05. The summed E-state index contributed by atoms with van der Waals surface area (Å²) in [6.07, 6.45) is 1.97. The minimum atomic E-state index is -0.170. The van der Waals surface area contributed by atoms with E-state index in [9.17, 15) is 9.59 Å². The van der Waals surface area contributed by atoms with Gasteiger partial charge in [0.2, 0.25) is 5.91 Å². The van der Waals surface area contributed by atoms with Gasteiger partial charge in [-0.3, -0.25) is 14.2 Å². The number of halogens is 1. The van der Waals surface area contributed by atoms with Crippen molar-refractivity contribution in [2.24, 2.45) is 0 Å². The van der Waals surface area contributed by atoms with Gasteiger partial charge in [-0.1, -0.05) is 48.8 Å². The monoisotopic (exact) mass is 401 g/mol. The number of rotatable bonds is 7. The average molecular weight is 402 g/mol. The quantitative estimate of drug-likeness (QED) is 0.368. The van der Waals surface area contributed by atoms with E-state index in [1.807, 2.05) is 12.1 Å². The van der Waals surface area contributed by atoms with Crippen molar-refractivity contribution >= 4 is 40.2 Å². The van der Waals surface area contributed by atoms with E-state index < -0.39 is 0 Å². The van der Waals surface area contributed by atoms with Crippen LogP contribution in [0.1, 0.15) is 19.8 Å². The van der Waals surface area contributed by atoms with E-state index >= 15 is 0 Å². The van der Waals surface area contributed by atoms with Crippen LogP contribution in [0.5, 0.6) is 0 Å². The molecule has 0 aliphatic heterocycles. The molecule has 1 heterocycles. The molecule has 140 valence electrons. The van der Waals surface area contributed by atoms with Crippen LogP contribution in [0.4, 0.5) is 0 Å². The van der Waals surface area contributed by atoms with Gasteiger partial charge in [0.05, 0.1) is 22.3 Å². The highest BCUT2D eigenvalue weighted by molar-refractivity contribution is 7.99. The molecule has 0 atom stereocenters. The molecule has 0 aliphatic carbocycles. The Bertz CT molecular complexity index is 1000. The third-order valence-electron chi connectivity index (χ3n) is 4.01. The molecule has 1 amide bonds. The second kappa shape index (κ2) is 9.06. The molecule has 1 aromatic heterocycles. The summed E-state index contributed by atoms with van der Waals surface area (Å²) < 4.78 is 1.53. The van der Waals surface area contributed by atoms with Crippen LogP contribution in [-0.2, 0) is 4.79 Å². The number of thioether (sulfide) groups is 1. The van der Waals surface area contributed by atoms with E-state index in [-0.39, 0.29) is 17.2 Å². The Labute approximate surface area is 166 Å². The van der Waals surface area contributed by atoms with Gasteiger partial charge in [0.1, 0.15) is 0 Å². The van der Waals surface area contributed by atoms with Gasteiger partial charge in [-0.05, 0) is 42.8 Å². The predicted molar refractivity (Wildman–Crippen MR) is 111 cm³/mol. The molecule has 5 nitrogen and oxygen atoms in total. The zero-order chi connectivity index (χ0) is 19.2. The Morgan fingerprint density at radius 1 is 1.19 bits per heavy atom. The number of carbonyl (C=O) groups excluding carboxylic acids is 1. The Balaban J connectivity index is 1.97. The topological polar surface area (TPSA) is 64.0 Å². The van der Waals surface area contributed by atoms with Gasteiger partial charge in [-0.15, -0.1) is 0 Å². The summed E-state index contributed by atoms with van der Waals surface area (Å²) in [5.74, 6) is 0.126. The van der Waals surface area contributed by atoms with Crippen LogP contribution in [0.2, 0.25) is 5.02 Å². The van der Waals surface area contributed by atoms with Crippen LogP contribution in [0, 0.1) is 0 Å². The first-order valence-corrected chi connectivity index (χ1v) is 10.1. The first-order chi connectivity index (χ1) is 13.1. The number of benzene rings is 2. The zero-order valence-electron chi connectivity index (χ0n) is 14.9. The maximum Gasteiger partial charge on any atom is 0.266 e. The molecular formula is C20H20ClN3O2S. The van der Waals surface area contributed by atoms with Gasteiger partial charge in [0, 0.05) is 11.6 Å². The number of fused-ring (bicyclic) bond motifs is 1. The highest BCUT2D eigenvalue weighted by atomic mass is 35.5. The molecule has 7 heteroatoms.